The maximum Gasteiger partial charge on any atom is 0.302 e. The van der Waals surface area contributed by atoms with Crippen molar-refractivity contribution in [2.45, 2.75) is 75.8 Å². The van der Waals surface area contributed by atoms with E-state index >= 15 is 0 Å². The zero-order valence-corrected chi connectivity index (χ0v) is 22.7. The van der Waals surface area contributed by atoms with Crippen molar-refractivity contribution < 1.29 is 33.3 Å². The highest BCUT2D eigenvalue weighted by molar-refractivity contribution is 6.05. The Morgan fingerprint density at radius 1 is 1.16 bits per heavy atom. The van der Waals surface area contributed by atoms with Crippen LogP contribution in [0.25, 0.3) is 0 Å². The molecule has 6 rings (SSSR count). The first kappa shape index (κ1) is 25.7. The second-order valence-corrected chi connectivity index (χ2v) is 11.8. The van der Waals surface area contributed by atoms with Gasteiger partial charge in [0.1, 0.15) is 23.9 Å². The molecule has 1 aromatic rings. The first-order valence-electron chi connectivity index (χ1n) is 13.4. The van der Waals surface area contributed by atoms with E-state index < -0.39 is 28.9 Å². The molecule has 0 radical (unpaired) electrons. The number of carbonyl (C=O) groups is 2. The quantitative estimate of drug-likeness (QED) is 0.405. The molecule has 2 aliphatic heterocycles. The average molecular weight is 521 g/mol. The molecule has 38 heavy (non-hydrogen) atoms. The predicted octanol–water partition coefficient (Wildman–Crippen LogP) is 4.46. The molecule has 2 heterocycles. The summed E-state index contributed by atoms with van der Waals surface area (Å²) in [6.45, 7) is 11.8. The topological polar surface area (TPSA) is 80.3 Å². The first-order valence-corrected chi connectivity index (χ1v) is 13.4. The minimum Gasteiger partial charge on any atom is -0.461 e. The Morgan fingerprint density at radius 2 is 1.89 bits per heavy atom. The summed E-state index contributed by atoms with van der Waals surface area (Å²) < 4.78 is 32.6. The van der Waals surface area contributed by atoms with Crippen LogP contribution in [0.1, 0.15) is 46.1 Å². The molecule has 1 saturated carbocycles. The van der Waals surface area contributed by atoms with Crippen molar-refractivity contribution in [3.8, 4) is 0 Å². The number of methoxy groups -OCH3 is 1. The van der Waals surface area contributed by atoms with Crippen LogP contribution in [-0.2, 0) is 39.7 Å². The summed E-state index contributed by atoms with van der Waals surface area (Å²) >= 11 is 0. The molecule has 3 fully saturated rings. The summed E-state index contributed by atoms with van der Waals surface area (Å²) in [6, 6.07) is 10.0. The number of rotatable bonds is 6. The van der Waals surface area contributed by atoms with Crippen LogP contribution in [0, 0.1) is 17.8 Å². The lowest BCUT2D eigenvalue weighted by Gasteiger charge is -2.59. The number of Topliss-reactive ketones (excluding diaryl/α,β-unsaturated/α-hetero) is 1. The number of esters is 1. The summed E-state index contributed by atoms with van der Waals surface area (Å²) in [7, 11) is 1.59. The Bertz CT molecular complexity index is 1270. The highest BCUT2D eigenvalue weighted by atomic mass is 16.9. The van der Waals surface area contributed by atoms with Crippen LogP contribution in [0.3, 0.4) is 0 Å². The van der Waals surface area contributed by atoms with E-state index in [1.807, 2.05) is 50.3 Å². The molecule has 5 aliphatic rings. The van der Waals surface area contributed by atoms with E-state index in [2.05, 4.69) is 19.6 Å². The van der Waals surface area contributed by atoms with E-state index in [1.54, 1.807) is 7.11 Å². The largest absolute Gasteiger partial charge is 0.461 e. The molecule has 7 nitrogen and oxygen atoms in total. The van der Waals surface area contributed by atoms with Crippen LogP contribution >= 0.6 is 0 Å². The molecule has 1 unspecified atom stereocenters. The molecule has 0 aromatic heterocycles. The molecule has 7 heteroatoms. The predicted molar refractivity (Wildman–Crippen MR) is 139 cm³/mol. The van der Waals surface area contributed by atoms with Gasteiger partial charge in [0.2, 0.25) is 0 Å². The van der Waals surface area contributed by atoms with Gasteiger partial charge in [-0.25, -0.2) is 0 Å². The Labute approximate surface area is 223 Å². The maximum atomic E-state index is 13.8. The number of benzene rings is 1. The molecular weight excluding hydrogens is 484 g/mol. The van der Waals surface area contributed by atoms with Crippen LogP contribution in [0.5, 0.6) is 0 Å². The van der Waals surface area contributed by atoms with Gasteiger partial charge in [0, 0.05) is 32.3 Å². The minimum atomic E-state index is -1.34. The van der Waals surface area contributed by atoms with Crippen LogP contribution in [0.15, 0.2) is 65.8 Å². The van der Waals surface area contributed by atoms with Crippen molar-refractivity contribution in [1.29, 1.82) is 0 Å². The minimum absolute atomic E-state index is 0.0270. The number of ether oxygens (including phenoxy) is 5. The van der Waals surface area contributed by atoms with Gasteiger partial charge in [-0.3, -0.25) is 9.59 Å². The zero-order valence-electron chi connectivity index (χ0n) is 22.7. The fourth-order valence-corrected chi connectivity index (χ4v) is 7.95. The molecule has 0 amide bonds. The summed E-state index contributed by atoms with van der Waals surface area (Å²) in [5.41, 5.74) is 0.594. The Kier molecular flexibility index (Phi) is 5.72. The van der Waals surface area contributed by atoms with Crippen molar-refractivity contribution in [3.63, 3.8) is 0 Å². The van der Waals surface area contributed by atoms with Gasteiger partial charge in [-0.15, -0.1) is 0 Å². The average Bonchev–Trinajstić information content (AvgIpc) is 3.19. The van der Waals surface area contributed by atoms with Crippen molar-refractivity contribution >= 4 is 11.8 Å². The summed E-state index contributed by atoms with van der Waals surface area (Å²) in [5, 5.41) is 0. The number of fused-ring (bicyclic) bond motifs is 2. The van der Waals surface area contributed by atoms with E-state index in [0.717, 1.165) is 16.7 Å². The van der Waals surface area contributed by atoms with Gasteiger partial charge in [0.25, 0.3) is 5.97 Å². The fourth-order valence-electron chi connectivity index (χ4n) is 7.95. The second kappa shape index (κ2) is 8.46. The molecule has 8 atom stereocenters. The van der Waals surface area contributed by atoms with Gasteiger partial charge in [-0.1, -0.05) is 56.0 Å². The summed E-state index contributed by atoms with van der Waals surface area (Å²) in [4.78, 5) is 25.6. The molecule has 1 aromatic carbocycles. The molecule has 3 aliphatic carbocycles. The number of carbonyl (C=O) groups excluding carboxylic acids is 2. The van der Waals surface area contributed by atoms with Gasteiger partial charge in [-0.2, -0.15) is 0 Å². The van der Waals surface area contributed by atoms with Crippen LogP contribution in [-0.4, -0.2) is 54.3 Å². The summed E-state index contributed by atoms with van der Waals surface area (Å²) in [5.74, 6) is -2.47. The maximum absolute atomic E-state index is 13.8. The zero-order chi connectivity index (χ0) is 27.1. The second-order valence-electron chi connectivity index (χ2n) is 11.8. The van der Waals surface area contributed by atoms with E-state index in [0.29, 0.717) is 24.8 Å². The molecule has 0 N–H and O–H groups in total. The monoisotopic (exact) mass is 520 g/mol. The normalized spacial score (nSPS) is 42.6. The van der Waals surface area contributed by atoms with Crippen molar-refractivity contribution in [1.82, 2.24) is 0 Å². The van der Waals surface area contributed by atoms with Gasteiger partial charge in [0.15, 0.2) is 5.78 Å². The SMILES string of the molecule is C=C(C)[C@]12C[C@@H](C)[C@@]34OC(Cc5ccccc5)(O[C@H]1[C@@H]3C=C(COC(C)=O)C[C@]1(OC)C(=O)C(C)=C[C@@H]41)O2. The molecule has 202 valence electrons. The Balaban J connectivity index is 1.57. The van der Waals surface area contributed by atoms with Crippen molar-refractivity contribution in [2.75, 3.05) is 13.7 Å². The third kappa shape index (κ3) is 3.28. The first-order chi connectivity index (χ1) is 18.0. The van der Waals surface area contributed by atoms with Gasteiger partial charge in [0.05, 0.1) is 12.0 Å². The number of ketones is 1. The molecule has 3 bridgehead atoms. The molecular formula is C31H36O7. The van der Waals surface area contributed by atoms with Crippen LogP contribution < -0.4 is 0 Å². The highest BCUT2D eigenvalue weighted by Crippen LogP contribution is 2.68. The Hall–Kier alpha value is -2.58. The van der Waals surface area contributed by atoms with Gasteiger partial charge >= 0.3 is 5.97 Å². The standard InChI is InChI=1S/C31H36O7/c1-18(2)28-14-20(4)31-24(27(28)36-30(37-28,38-31)16-22-10-8-7-9-11-22)13-23(17-35-21(5)32)15-29(34-6)25(31)12-19(3)26(29)33/h7-13,20,24-25,27H,1,14-17H2,2-6H3/t20-,24+,25-,27+,28-,29-,30?,31-/m1/s1. The molecule has 0 spiro atoms. The van der Waals surface area contributed by atoms with E-state index in [9.17, 15) is 9.59 Å². The van der Waals surface area contributed by atoms with Crippen LogP contribution in [0.4, 0.5) is 0 Å². The third-order valence-electron chi connectivity index (χ3n) is 9.53. The van der Waals surface area contributed by atoms with E-state index in [1.165, 1.54) is 6.92 Å². The molecule has 2 saturated heterocycles. The van der Waals surface area contributed by atoms with E-state index in [4.69, 9.17) is 23.7 Å². The highest BCUT2D eigenvalue weighted by Gasteiger charge is 2.79. The van der Waals surface area contributed by atoms with Crippen molar-refractivity contribution in [2.24, 2.45) is 17.8 Å². The lowest BCUT2D eigenvalue weighted by molar-refractivity contribution is -0.421. The fraction of sp³-hybridized carbons (Fsp3) is 0.548. The van der Waals surface area contributed by atoms with Gasteiger partial charge < -0.3 is 23.7 Å². The van der Waals surface area contributed by atoms with Crippen molar-refractivity contribution in [3.05, 3.63) is 71.3 Å². The third-order valence-corrected chi connectivity index (χ3v) is 9.53. The smallest absolute Gasteiger partial charge is 0.302 e. The number of hydrogen-bond acceptors (Lipinski definition) is 7. The lowest BCUT2D eigenvalue weighted by Crippen LogP contribution is -2.70. The van der Waals surface area contributed by atoms with Gasteiger partial charge in [-0.05, 0) is 48.5 Å². The lowest BCUT2D eigenvalue weighted by atomic mass is 9.54. The Morgan fingerprint density at radius 3 is 2.55 bits per heavy atom. The van der Waals surface area contributed by atoms with E-state index in [-0.39, 0.29) is 36.1 Å². The van der Waals surface area contributed by atoms with Crippen LogP contribution in [0.2, 0.25) is 0 Å². The summed E-state index contributed by atoms with van der Waals surface area (Å²) in [6.07, 6.45) is 5.10. The number of hydrogen-bond donors (Lipinski definition) is 0.